The normalized spacial score (nSPS) is 22.4. The number of aromatic hydroxyl groups is 1. The van der Waals surface area contributed by atoms with Crippen molar-refractivity contribution in [2.24, 2.45) is 0 Å². The number of phenols is 1. The maximum absolute atomic E-state index is 11.0. The summed E-state index contributed by atoms with van der Waals surface area (Å²) in [7, 11) is 1.97. The van der Waals surface area contributed by atoms with Gasteiger partial charge in [-0.15, -0.1) is 0 Å². The molecule has 0 saturated heterocycles. The van der Waals surface area contributed by atoms with Gasteiger partial charge in [-0.3, -0.25) is 10.1 Å². The van der Waals surface area contributed by atoms with Crippen LogP contribution < -0.4 is 9.64 Å². The molecule has 4 rings (SSSR count). The van der Waals surface area contributed by atoms with Crippen LogP contribution in [0.15, 0.2) is 42.5 Å². The summed E-state index contributed by atoms with van der Waals surface area (Å²) in [5.41, 5.74) is 1.36. The highest BCUT2D eigenvalue weighted by Gasteiger charge is 2.57. The highest BCUT2D eigenvalue weighted by Crippen LogP contribution is 2.54. The molecule has 25 heavy (non-hydrogen) atoms. The maximum atomic E-state index is 11.0. The average molecular weight is 338 g/mol. The topological polar surface area (TPSA) is 75.8 Å². The van der Waals surface area contributed by atoms with Gasteiger partial charge in [0.25, 0.3) is 0 Å². The Kier molecular flexibility index (Phi) is 2.95. The first-order valence-electron chi connectivity index (χ1n) is 8.01. The molecule has 6 heteroatoms. The van der Waals surface area contributed by atoms with E-state index in [2.05, 4.69) is 24.8 Å². The Labute approximate surface area is 145 Å². The molecule has 1 unspecified atom stereocenters. The third-order valence-electron chi connectivity index (χ3n) is 5.39. The summed E-state index contributed by atoms with van der Waals surface area (Å²) in [5.74, 6) is 0.0310. The Hall–Kier alpha value is -3.02. The average Bonchev–Trinajstić information content (AvgIpc) is 2.73. The second-order valence-electron chi connectivity index (χ2n) is 6.97. The summed E-state index contributed by atoms with van der Waals surface area (Å²) in [6.07, 6.45) is 3.77. The number of nitro benzene ring substituents is 1. The molecule has 6 nitrogen and oxygen atoms in total. The van der Waals surface area contributed by atoms with Crippen molar-refractivity contribution >= 4 is 17.5 Å². The first-order chi connectivity index (χ1) is 11.8. The van der Waals surface area contributed by atoms with Gasteiger partial charge >= 0.3 is 5.69 Å². The van der Waals surface area contributed by atoms with Crippen LogP contribution in [0.25, 0.3) is 6.08 Å². The highest BCUT2D eigenvalue weighted by atomic mass is 16.6. The monoisotopic (exact) mass is 338 g/mol. The van der Waals surface area contributed by atoms with E-state index < -0.39 is 16.4 Å². The molecule has 2 aliphatic heterocycles. The van der Waals surface area contributed by atoms with Gasteiger partial charge in [-0.25, -0.2) is 0 Å². The van der Waals surface area contributed by atoms with Gasteiger partial charge in [0.05, 0.1) is 10.3 Å². The van der Waals surface area contributed by atoms with E-state index in [0.29, 0.717) is 11.3 Å². The summed E-state index contributed by atoms with van der Waals surface area (Å²) >= 11 is 0. The molecular weight excluding hydrogens is 320 g/mol. The highest BCUT2D eigenvalue weighted by molar-refractivity contribution is 5.73. The van der Waals surface area contributed by atoms with Crippen molar-refractivity contribution in [3.05, 3.63) is 63.7 Å². The van der Waals surface area contributed by atoms with Gasteiger partial charge in [0.2, 0.25) is 5.72 Å². The van der Waals surface area contributed by atoms with E-state index in [9.17, 15) is 15.2 Å². The number of phenolic OH excluding ortho intramolecular Hbond substituents is 1. The SMILES string of the molecule is CN1c2ccccc2C(C)(C)C12C=Cc1cc([N+](=O)[O-])c(O)cc1O2. The van der Waals surface area contributed by atoms with Gasteiger partial charge in [0.1, 0.15) is 5.75 Å². The van der Waals surface area contributed by atoms with Crippen LogP contribution in [-0.4, -0.2) is 22.8 Å². The third-order valence-corrected chi connectivity index (χ3v) is 5.39. The minimum Gasteiger partial charge on any atom is -0.502 e. The lowest BCUT2D eigenvalue weighted by Crippen LogP contribution is -2.58. The van der Waals surface area contributed by atoms with Crippen LogP contribution in [0.2, 0.25) is 0 Å². The van der Waals surface area contributed by atoms with Crippen molar-refractivity contribution in [2.45, 2.75) is 25.0 Å². The number of likely N-dealkylation sites (N-methyl/N-ethyl adjacent to an activating group) is 1. The van der Waals surface area contributed by atoms with Gasteiger partial charge < -0.3 is 14.7 Å². The molecule has 1 N–H and O–H groups in total. The lowest BCUT2D eigenvalue weighted by molar-refractivity contribution is -0.385. The Morgan fingerprint density at radius 2 is 1.96 bits per heavy atom. The summed E-state index contributed by atoms with van der Waals surface area (Å²) in [5, 5.41) is 21.0. The van der Waals surface area contributed by atoms with Crippen LogP contribution in [0.4, 0.5) is 11.4 Å². The smallest absolute Gasteiger partial charge is 0.311 e. The van der Waals surface area contributed by atoms with E-state index in [1.54, 1.807) is 0 Å². The first-order valence-corrected chi connectivity index (χ1v) is 8.01. The lowest BCUT2D eigenvalue weighted by Gasteiger charge is -2.45. The number of hydrogen-bond acceptors (Lipinski definition) is 5. The number of hydrogen-bond donors (Lipinski definition) is 1. The van der Waals surface area contributed by atoms with Crippen molar-refractivity contribution in [2.75, 3.05) is 11.9 Å². The lowest BCUT2D eigenvalue weighted by atomic mass is 9.76. The number of para-hydroxylation sites is 1. The number of benzene rings is 2. The van der Waals surface area contributed by atoms with Gasteiger partial charge in [-0.05, 0) is 37.6 Å². The van der Waals surface area contributed by atoms with Crippen LogP contribution in [0.3, 0.4) is 0 Å². The quantitative estimate of drug-likeness (QED) is 0.632. The van der Waals surface area contributed by atoms with E-state index in [0.717, 1.165) is 11.3 Å². The standard InChI is InChI=1S/C19H18N2O4/c1-18(2)13-6-4-5-7-14(13)20(3)19(18)9-8-12-10-15(21(23)24)16(22)11-17(12)25-19/h4-11,22H,1-3H3. The molecule has 0 bridgehead atoms. The van der Waals surface area contributed by atoms with E-state index in [4.69, 9.17) is 4.74 Å². The summed E-state index contributed by atoms with van der Waals surface area (Å²) in [4.78, 5) is 12.5. The Bertz CT molecular complexity index is 935. The zero-order valence-corrected chi connectivity index (χ0v) is 14.2. The molecule has 0 fully saturated rings. The maximum Gasteiger partial charge on any atom is 0.311 e. The van der Waals surface area contributed by atoms with Gasteiger partial charge in [0.15, 0.2) is 5.75 Å². The molecule has 2 aromatic carbocycles. The zero-order chi connectivity index (χ0) is 18.0. The molecule has 1 atom stereocenters. The van der Waals surface area contributed by atoms with Crippen molar-refractivity contribution in [3.63, 3.8) is 0 Å². The fourth-order valence-electron chi connectivity index (χ4n) is 3.95. The van der Waals surface area contributed by atoms with Gasteiger partial charge in [-0.2, -0.15) is 0 Å². The predicted octanol–water partition coefficient (Wildman–Crippen LogP) is 3.83. The first kappa shape index (κ1) is 15.5. The number of ether oxygens (including phenoxy) is 1. The predicted molar refractivity (Wildman–Crippen MR) is 95.0 cm³/mol. The Morgan fingerprint density at radius 3 is 2.64 bits per heavy atom. The minimum atomic E-state index is -0.772. The van der Waals surface area contributed by atoms with E-state index in [-0.39, 0.29) is 11.1 Å². The largest absolute Gasteiger partial charge is 0.502 e. The molecule has 0 saturated carbocycles. The zero-order valence-electron chi connectivity index (χ0n) is 14.2. The van der Waals surface area contributed by atoms with Crippen LogP contribution in [0.1, 0.15) is 25.0 Å². The number of nitro groups is 1. The van der Waals surface area contributed by atoms with Crippen LogP contribution in [-0.2, 0) is 5.41 Å². The molecule has 0 amide bonds. The molecule has 0 radical (unpaired) electrons. The number of anilines is 1. The minimum absolute atomic E-state index is 0.328. The third kappa shape index (κ3) is 1.85. The van der Waals surface area contributed by atoms with Gasteiger partial charge in [-0.1, -0.05) is 18.2 Å². The molecule has 2 aromatic rings. The molecular formula is C19H18N2O4. The molecule has 2 aliphatic rings. The Morgan fingerprint density at radius 1 is 1.24 bits per heavy atom. The van der Waals surface area contributed by atoms with E-state index >= 15 is 0 Å². The second-order valence-corrected chi connectivity index (χ2v) is 6.97. The second kappa shape index (κ2) is 4.75. The summed E-state index contributed by atoms with van der Waals surface area (Å²) in [6, 6.07) is 10.8. The van der Waals surface area contributed by atoms with Crippen molar-refractivity contribution in [3.8, 4) is 11.5 Å². The fraction of sp³-hybridized carbons (Fsp3) is 0.263. The molecule has 0 aliphatic carbocycles. The number of fused-ring (bicyclic) bond motifs is 2. The molecule has 1 spiro atoms. The van der Waals surface area contributed by atoms with Crippen LogP contribution >= 0.6 is 0 Å². The van der Waals surface area contributed by atoms with Crippen molar-refractivity contribution in [1.29, 1.82) is 0 Å². The summed E-state index contributed by atoms with van der Waals surface area (Å²) in [6.45, 7) is 4.21. The Balaban J connectivity index is 1.87. The summed E-state index contributed by atoms with van der Waals surface area (Å²) < 4.78 is 6.36. The van der Waals surface area contributed by atoms with Crippen molar-refractivity contribution < 1.29 is 14.8 Å². The van der Waals surface area contributed by atoms with Crippen LogP contribution in [0.5, 0.6) is 11.5 Å². The van der Waals surface area contributed by atoms with Crippen LogP contribution in [0, 0.1) is 10.1 Å². The van der Waals surface area contributed by atoms with Crippen molar-refractivity contribution in [1.82, 2.24) is 0 Å². The molecule has 2 heterocycles. The number of rotatable bonds is 1. The van der Waals surface area contributed by atoms with E-state index in [1.807, 2.05) is 37.4 Å². The van der Waals surface area contributed by atoms with E-state index in [1.165, 1.54) is 12.1 Å². The fourth-order valence-corrected chi connectivity index (χ4v) is 3.95. The number of nitrogens with zero attached hydrogens (tertiary/aromatic N) is 2. The van der Waals surface area contributed by atoms with Gasteiger partial charge in [0, 0.05) is 30.4 Å². The molecule has 0 aromatic heterocycles. The molecule has 128 valence electrons.